The average Bonchev–Trinajstić information content (AvgIpc) is 2.01. The summed E-state index contributed by atoms with van der Waals surface area (Å²) in [5.74, 6) is 0.552. The van der Waals surface area contributed by atoms with Crippen LogP contribution >= 0.6 is 0 Å². The highest BCUT2D eigenvalue weighted by Crippen LogP contribution is 2.22. The molecular formula is C11H23NO. The standard InChI is InChI=1S/C11H23NO/c1-9(7-5-6-8-12)10(13)11(2,3)4/h9H,5-8,12H2,1-4H3/t9-/m1/s1. The van der Waals surface area contributed by atoms with Crippen molar-refractivity contribution < 1.29 is 4.79 Å². The van der Waals surface area contributed by atoms with Crippen LogP contribution in [-0.2, 0) is 4.79 Å². The quantitative estimate of drug-likeness (QED) is 0.668. The number of hydrogen-bond acceptors (Lipinski definition) is 2. The van der Waals surface area contributed by atoms with Crippen LogP contribution in [0, 0.1) is 11.3 Å². The van der Waals surface area contributed by atoms with Gasteiger partial charge in [-0.3, -0.25) is 4.79 Å². The maximum Gasteiger partial charge on any atom is 0.140 e. The molecule has 0 saturated carbocycles. The molecule has 2 N–H and O–H groups in total. The van der Waals surface area contributed by atoms with E-state index in [1.54, 1.807) is 0 Å². The van der Waals surface area contributed by atoms with E-state index in [9.17, 15) is 4.79 Å². The van der Waals surface area contributed by atoms with Gasteiger partial charge in [0, 0.05) is 11.3 Å². The molecule has 1 atom stereocenters. The molecule has 13 heavy (non-hydrogen) atoms. The van der Waals surface area contributed by atoms with Crippen molar-refractivity contribution in [2.75, 3.05) is 6.54 Å². The van der Waals surface area contributed by atoms with Crippen molar-refractivity contribution >= 4 is 5.78 Å². The number of unbranched alkanes of at least 4 members (excludes halogenated alkanes) is 1. The molecule has 0 aliphatic carbocycles. The van der Waals surface area contributed by atoms with Gasteiger partial charge in [0.15, 0.2) is 0 Å². The van der Waals surface area contributed by atoms with Gasteiger partial charge in [0.25, 0.3) is 0 Å². The van der Waals surface area contributed by atoms with Gasteiger partial charge in [0.05, 0.1) is 0 Å². The molecule has 0 aromatic rings. The first-order chi connectivity index (χ1) is 5.89. The third-order valence-electron chi connectivity index (χ3n) is 2.28. The van der Waals surface area contributed by atoms with Crippen LogP contribution < -0.4 is 5.73 Å². The Hall–Kier alpha value is -0.370. The lowest BCUT2D eigenvalue weighted by Gasteiger charge is -2.21. The van der Waals surface area contributed by atoms with Crippen LogP contribution in [0.1, 0.15) is 47.0 Å². The summed E-state index contributed by atoms with van der Waals surface area (Å²) in [5, 5.41) is 0. The number of carbonyl (C=O) groups excluding carboxylic acids is 1. The first kappa shape index (κ1) is 12.6. The smallest absolute Gasteiger partial charge is 0.140 e. The van der Waals surface area contributed by atoms with Crippen LogP contribution in [0.4, 0.5) is 0 Å². The molecule has 0 rings (SSSR count). The molecule has 0 aromatic heterocycles. The normalized spacial score (nSPS) is 14.2. The van der Waals surface area contributed by atoms with E-state index in [4.69, 9.17) is 5.73 Å². The Morgan fingerprint density at radius 2 is 1.85 bits per heavy atom. The summed E-state index contributed by atoms with van der Waals surface area (Å²) in [6, 6.07) is 0. The summed E-state index contributed by atoms with van der Waals surface area (Å²) < 4.78 is 0. The lowest BCUT2D eigenvalue weighted by Crippen LogP contribution is -2.26. The molecule has 0 saturated heterocycles. The molecule has 2 nitrogen and oxygen atoms in total. The fraction of sp³-hybridized carbons (Fsp3) is 0.909. The Kier molecular flexibility index (Phi) is 5.23. The Labute approximate surface area is 81.9 Å². The molecule has 78 valence electrons. The van der Waals surface area contributed by atoms with Crippen molar-refractivity contribution in [2.45, 2.75) is 47.0 Å². The molecule has 0 bridgehead atoms. The number of nitrogens with two attached hydrogens (primary N) is 1. The summed E-state index contributed by atoms with van der Waals surface area (Å²) in [7, 11) is 0. The van der Waals surface area contributed by atoms with Gasteiger partial charge in [-0.25, -0.2) is 0 Å². The molecule has 0 radical (unpaired) electrons. The second kappa shape index (κ2) is 5.38. The van der Waals surface area contributed by atoms with Crippen LogP contribution in [0.2, 0.25) is 0 Å². The molecule has 2 heteroatoms. The van der Waals surface area contributed by atoms with Crippen molar-refractivity contribution in [3.8, 4) is 0 Å². The second-order valence-corrected chi connectivity index (χ2v) is 4.80. The minimum Gasteiger partial charge on any atom is -0.330 e. The molecule has 0 amide bonds. The van der Waals surface area contributed by atoms with Gasteiger partial charge in [-0.05, 0) is 19.4 Å². The van der Waals surface area contributed by atoms with E-state index in [2.05, 4.69) is 0 Å². The van der Waals surface area contributed by atoms with Gasteiger partial charge in [-0.2, -0.15) is 0 Å². The van der Waals surface area contributed by atoms with E-state index in [0.717, 1.165) is 25.8 Å². The first-order valence-electron chi connectivity index (χ1n) is 5.14. The zero-order chi connectivity index (χ0) is 10.5. The van der Waals surface area contributed by atoms with Crippen molar-refractivity contribution in [1.29, 1.82) is 0 Å². The third-order valence-corrected chi connectivity index (χ3v) is 2.28. The van der Waals surface area contributed by atoms with Gasteiger partial charge in [0.2, 0.25) is 0 Å². The number of carbonyl (C=O) groups is 1. The first-order valence-corrected chi connectivity index (χ1v) is 5.14. The Morgan fingerprint density at radius 3 is 2.23 bits per heavy atom. The van der Waals surface area contributed by atoms with Crippen molar-refractivity contribution in [2.24, 2.45) is 17.1 Å². The van der Waals surface area contributed by atoms with Gasteiger partial charge < -0.3 is 5.73 Å². The number of Topliss-reactive ketones (excluding diaryl/α,β-unsaturated/α-hetero) is 1. The largest absolute Gasteiger partial charge is 0.330 e. The summed E-state index contributed by atoms with van der Waals surface area (Å²) in [6.45, 7) is 8.69. The third kappa shape index (κ3) is 5.04. The van der Waals surface area contributed by atoms with Crippen molar-refractivity contribution in [3.05, 3.63) is 0 Å². The topological polar surface area (TPSA) is 43.1 Å². The molecule has 0 fully saturated rings. The van der Waals surface area contributed by atoms with E-state index < -0.39 is 0 Å². The van der Waals surface area contributed by atoms with E-state index in [0.29, 0.717) is 5.78 Å². The van der Waals surface area contributed by atoms with Gasteiger partial charge in [-0.1, -0.05) is 34.1 Å². The number of rotatable bonds is 5. The molecule has 0 aliphatic rings. The van der Waals surface area contributed by atoms with E-state index >= 15 is 0 Å². The second-order valence-electron chi connectivity index (χ2n) is 4.80. The van der Waals surface area contributed by atoms with E-state index in [1.807, 2.05) is 27.7 Å². The van der Waals surface area contributed by atoms with Gasteiger partial charge >= 0.3 is 0 Å². The van der Waals surface area contributed by atoms with E-state index in [-0.39, 0.29) is 11.3 Å². The minimum absolute atomic E-state index is 0.187. The van der Waals surface area contributed by atoms with Crippen LogP contribution in [0.15, 0.2) is 0 Å². The Morgan fingerprint density at radius 1 is 1.31 bits per heavy atom. The number of hydrogen-bond donors (Lipinski definition) is 1. The van der Waals surface area contributed by atoms with Crippen LogP contribution in [0.5, 0.6) is 0 Å². The van der Waals surface area contributed by atoms with Crippen molar-refractivity contribution in [3.63, 3.8) is 0 Å². The summed E-state index contributed by atoms with van der Waals surface area (Å²) in [6.07, 6.45) is 3.08. The summed E-state index contributed by atoms with van der Waals surface area (Å²) in [5.41, 5.74) is 5.20. The average molecular weight is 185 g/mol. The zero-order valence-corrected chi connectivity index (χ0v) is 9.39. The molecule has 0 aromatic carbocycles. The van der Waals surface area contributed by atoms with Gasteiger partial charge in [0.1, 0.15) is 5.78 Å². The predicted octanol–water partition coefficient (Wildman–Crippen LogP) is 2.37. The number of ketones is 1. The van der Waals surface area contributed by atoms with Crippen LogP contribution in [-0.4, -0.2) is 12.3 Å². The molecule has 0 unspecified atom stereocenters. The lowest BCUT2D eigenvalue weighted by molar-refractivity contribution is -0.130. The SMILES string of the molecule is C[C@H](CCCCN)C(=O)C(C)(C)C. The van der Waals surface area contributed by atoms with Crippen molar-refractivity contribution in [1.82, 2.24) is 0 Å². The maximum absolute atomic E-state index is 11.7. The summed E-state index contributed by atoms with van der Waals surface area (Å²) in [4.78, 5) is 11.7. The van der Waals surface area contributed by atoms with Crippen LogP contribution in [0.3, 0.4) is 0 Å². The highest BCUT2D eigenvalue weighted by Gasteiger charge is 2.25. The summed E-state index contributed by atoms with van der Waals surface area (Å²) >= 11 is 0. The highest BCUT2D eigenvalue weighted by atomic mass is 16.1. The molecule has 0 aliphatic heterocycles. The van der Waals surface area contributed by atoms with E-state index in [1.165, 1.54) is 0 Å². The maximum atomic E-state index is 11.7. The Bertz CT molecular complexity index is 158. The Balaban J connectivity index is 3.84. The van der Waals surface area contributed by atoms with Crippen LogP contribution in [0.25, 0.3) is 0 Å². The van der Waals surface area contributed by atoms with Gasteiger partial charge in [-0.15, -0.1) is 0 Å². The minimum atomic E-state index is -0.192. The fourth-order valence-corrected chi connectivity index (χ4v) is 1.47. The highest BCUT2D eigenvalue weighted by molar-refractivity contribution is 5.85. The molecule has 0 heterocycles. The zero-order valence-electron chi connectivity index (χ0n) is 9.39. The molecule has 0 spiro atoms. The fourth-order valence-electron chi connectivity index (χ4n) is 1.47. The monoisotopic (exact) mass is 185 g/mol. The lowest BCUT2D eigenvalue weighted by atomic mass is 9.82. The molecular weight excluding hydrogens is 162 g/mol. The predicted molar refractivity (Wildman–Crippen MR) is 56.5 cm³/mol.